The van der Waals surface area contributed by atoms with Gasteiger partial charge in [-0.25, -0.2) is 0 Å². The first-order valence-corrected chi connectivity index (χ1v) is 5.13. The van der Waals surface area contributed by atoms with E-state index in [0.717, 1.165) is 18.4 Å². The van der Waals surface area contributed by atoms with Crippen molar-refractivity contribution >= 4 is 0 Å². The molecule has 0 spiro atoms. The molecule has 0 aromatic carbocycles. The minimum Gasteiger partial charge on any atom is -0.394 e. The zero-order valence-electron chi connectivity index (χ0n) is 8.85. The summed E-state index contributed by atoms with van der Waals surface area (Å²) >= 11 is 0. The molecule has 0 radical (unpaired) electrons. The molecule has 0 fully saturated rings. The molecule has 3 N–H and O–H groups in total. The lowest BCUT2D eigenvalue weighted by atomic mass is 10.1. The van der Waals surface area contributed by atoms with Crippen molar-refractivity contribution in [2.45, 2.75) is 38.8 Å². The number of aliphatic hydroxyl groups excluding tert-OH is 1. The van der Waals surface area contributed by atoms with Gasteiger partial charge in [0.15, 0.2) is 0 Å². The lowest BCUT2D eigenvalue weighted by Crippen LogP contribution is -2.14. The first-order valence-electron chi connectivity index (χ1n) is 5.13. The molecule has 0 amide bonds. The van der Waals surface area contributed by atoms with E-state index in [1.165, 1.54) is 0 Å². The van der Waals surface area contributed by atoms with E-state index in [4.69, 9.17) is 10.8 Å². The number of aliphatic hydroxyl groups is 1. The third-order valence-corrected chi connectivity index (χ3v) is 2.56. The maximum Gasteiger partial charge on any atom is 0.0625 e. The third kappa shape index (κ3) is 2.33. The Kier molecular flexibility index (Phi) is 4.10. The summed E-state index contributed by atoms with van der Waals surface area (Å²) in [7, 11) is 0. The largest absolute Gasteiger partial charge is 0.394 e. The van der Waals surface area contributed by atoms with Crippen molar-refractivity contribution in [1.29, 1.82) is 0 Å². The fourth-order valence-electron chi connectivity index (χ4n) is 1.51. The summed E-state index contributed by atoms with van der Waals surface area (Å²) in [6, 6.07) is 0.132. The summed E-state index contributed by atoms with van der Waals surface area (Å²) < 4.78 is 1.94. The van der Waals surface area contributed by atoms with Crippen LogP contribution >= 0.6 is 0 Å². The minimum absolute atomic E-state index is 0.0331. The summed E-state index contributed by atoms with van der Waals surface area (Å²) in [6.45, 7) is 4.25. The van der Waals surface area contributed by atoms with Gasteiger partial charge in [0.25, 0.3) is 0 Å². The molecule has 0 bridgehead atoms. The van der Waals surface area contributed by atoms with Crippen LogP contribution in [-0.2, 0) is 0 Å². The molecule has 1 aromatic heterocycles. The summed E-state index contributed by atoms with van der Waals surface area (Å²) in [5.74, 6) is 0. The van der Waals surface area contributed by atoms with Gasteiger partial charge in [-0.05, 0) is 12.8 Å². The fourth-order valence-corrected chi connectivity index (χ4v) is 1.51. The molecule has 0 aliphatic rings. The van der Waals surface area contributed by atoms with Gasteiger partial charge in [0, 0.05) is 11.8 Å². The van der Waals surface area contributed by atoms with Crippen molar-refractivity contribution in [3.05, 3.63) is 18.0 Å². The first-order chi connectivity index (χ1) is 6.72. The van der Waals surface area contributed by atoms with Gasteiger partial charge in [0.05, 0.1) is 24.9 Å². The minimum atomic E-state index is -0.307. The van der Waals surface area contributed by atoms with Crippen molar-refractivity contribution in [2.75, 3.05) is 6.61 Å². The Morgan fingerprint density at radius 3 is 2.64 bits per heavy atom. The molecule has 0 saturated heterocycles. The third-order valence-electron chi connectivity index (χ3n) is 2.56. The molecule has 1 atom stereocenters. The highest BCUT2D eigenvalue weighted by atomic mass is 16.3. The van der Waals surface area contributed by atoms with Gasteiger partial charge in [0.1, 0.15) is 0 Å². The Bertz CT molecular complexity index is 268. The SMILES string of the molecule is CCC(CC)n1cc(C(N)CO)cn1. The van der Waals surface area contributed by atoms with Crippen molar-refractivity contribution in [1.82, 2.24) is 9.78 Å². The second-order valence-electron chi connectivity index (χ2n) is 3.51. The van der Waals surface area contributed by atoms with E-state index in [0.29, 0.717) is 6.04 Å². The van der Waals surface area contributed by atoms with Gasteiger partial charge in [-0.15, -0.1) is 0 Å². The second-order valence-corrected chi connectivity index (χ2v) is 3.51. The van der Waals surface area contributed by atoms with Crippen LogP contribution in [0, 0.1) is 0 Å². The van der Waals surface area contributed by atoms with E-state index >= 15 is 0 Å². The van der Waals surface area contributed by atoms with Crippen LogP contribution in [0.15, 0.2) is 12.4 Å². The molecule has 80 valence electrons. The zero-order chi connectivity index (χ0) is 10.6. The topological polar surface area (TPSA) is 64.1 Å². The molecule has 1 unspecified atom stereocenters. The van der Waals surface area contributed by atoms with E-state index in [2.05, 4.69) is 18.9 Å². The Morgan fingerprint density at radius 1 is 1.50 bits per heavy atom. The maximum atomic E-state index is 8.89. The van der Waals surface area contributed by atoms with Crippen LogP contribution in [0.5, 0.6) is 0 Å². The highest BCUT2D eigenvalue weighted by molar-refractivity contribution is 5.09. The average molecular weight is 197 g/mol. The van der Waals surface area contributed by atoms with Gasteiger partial charge in [0.2, 0.25) is 0 Å². The van der Waals surface area contributed by atoms with Crippen LogP contribution in [0.3, 0.4) is 0 Å². The molecule has 1 rings (SSSR count). The Morgan fingerprint density at radius 2 is 2.14 bits per heavy atom. The number of hydrogen-bond acceptors (Lipinski definition) is 3. The standard InChI is InChI=1S/C10H19N3O/c1-3-9(4-2)13-6-8(5-12-13)10(11)7-14/h5-6,9-10,14H,3-4,7,11H2,1-2H3. The second kappa shape index (κ2) is 5.12. The molecule has 0 aliphatic carbocycles. The summed E-state index contributed by atoms with van der Waals surface area (Å²) in [5, 5.41) is 13.1. The highest BCUT2D eigenvalue weighted by Gasteiger charge is 2.11. The molecule has 4 heteroatoms. The molecule has 1 aromatic rings. The number of nitrogens with zero attached hydrogens (tertiary/aromatic N) is 2. The molecular formula is C10H19N3O. The van der Waals surface area contributed by atoms with E-state index in [9.17, 15) is 0 Å². The first kappa shape index (κ1) is 11.2. The molecule has 1 heterocycles. The predicted octanol–water partition coefficient (Wildman–Crippen LogP) is 1.24. The van der Waals surface area contributed by atoms with Gasteiger partial charge in [-0.1, -0.05) is 13.8 Å². The van der Waals surface area contributed by atoms with Crippen molar-refractivity contribution in [3.8, 4) is 0 Å². The van der Waals surface area contributed by atoms with E-state index in [-0.39, 0.29) is 12.6 Å². The van der Waals surface area contributed by atoms with E-state index in [1.807, 2.05) is 10.9 Å². The lowest BCUT2D eigenvalue weighted by Gasteiger charge is -2.12. The van der Waals surface area contributed by atoms with Crippen LogP contribution in [-0.4, -0.2) is 21.5 Å². The molecule has 0 aliphatic heterocycles. The summed E-state index contributed by atoms with van der Waals surface area (Å²) in [4.78, 5) is 0. The van der Waals surface area contributed by atoms with Gasteiger partial charge in [-0.2, -0.15) is 5.10 Å². The zero-order valence-corrected chi connectivity index (χ0v) is 8.85. The number of hydrogen-bond donors (Lipinski definition) is 2. The Labute approximate surface area is 84.7 Å². The lowest BCUT2D eigenvalue weighted by molar-refractivity contribution is 0.268. The Balaban J connectivity index is 2.76. The number of nitrogens with two attached hydrogens (primary N) is 1. The normalized spacial score (nSPS) is 13.5. The maximum absolute atomic E-state index is 8.89. The van der Waals surface area contributed by atoms with Crippen LogP contribution in [0.25, 0.3) is 0 Å². The van der Waals surface area contributed by atoms with Gasteiger partial charge in [-0.3, -0.25) is 4.68 Å². The number of aromatic nitrogens is 2. The molecule has 0 saturated carbocycles. The smallest absolute Gasteiger partial charge is 0.0625 e. The average Bonchev–Trinajstić information content (AvgIpc) is 2.68. The van der Waals surface area contributed by atoms with Crippen molar-refractivity contribution in [3.63, 3.8) is 0 Å². The number of rotatable bonds is 5. The molecule has 4 nitrogen and oxygen atoms in total. The van der Waals surface area contributed by atoms with Crippen molar-refractivity contribution < 1.29 is 5.11 Å². The predicted molar refractivity (Wildman–Crippen MR) is 55.9 cm³/mol. The summed E-state index contributed by atoms with van der Waals surface area (Å²) in [5.41, 5.74) is 6.59. The monoisotopic (exact) mass is 197 g/mol. The van der Waals surface area contributed by atoms with Gasteiger partial charge >= 0.3 is 0 Å². The molecule has 14 heavy (non-hydrogen) atoms. The van der Waals surface area contributed by atoms with Crippen LogP contribution in [0.4, 0.5) is 0 Å². The van der Waals surface area contributed by atoms with Crippen LogP contribution in [0.1, 0.15) is 44.3 Å². The van der Waals surface area contributed by atoms with Gasteiger partial charge < -0.3 is 10.8 Å². The quantitative estimate of drug-likeness (QED) is 0.746. The van der Waals surface area contributed by atoms with E-state index < -0.39 is 0 Å². The summed E-state index contributed by atoms with van der Waals surface area (Å²) in [6.07, 6.45) is 5.79. The Hall–Kier alpha value is -0.870. The van der Waals surface area contributed by atoms with Crippen molar-refractivity contribution in [2.24, 2.45) is 5.73 Å². The highest BCUT2D eigenvalue weighted by Crippen LogP contribution is 2.17. The fraction of sp³-hybridized carbons (Fsp3) is 0.700. The van der Waals surface area contributed by atoms with Crippen LogP contribution in [0.2, 0.25) is 0 Å². The van der Waals surface area contributed by atoms with E-state index in [1.54, 1.807) is 6.20 Å². The van der Waals surface area contributed by atoms with Crippen LogP contribution < -0.4 is 5.73 Å². The molecular weight excluding hydrogens is 178 g/mol.